The molecule has 33 heavy (non-hydrogen) atoms. The Morgan fingerprint density at radius 3 is 2.70 bits per heavy atom. The first-order chi connectivity index (χ1) is 16.2. The van der Waals surface area contributed by atoms with E-state index in [0.717, 1.165) is 67.1 Å². The van der Waals surface area contributed by atoms with Crippen molar-refractivity contribution in [3.05, 3.63) is 99.6 Å². The minimum absolute atomic E-state index is 0.0656. The second-order valence-corrected chi connectivity index (χ2v) is 8.97. The third-order valence-corrected chi connectivity index (χ3v) is 6.16. The van der Waals surface area contributed by atoms with E-state index < -0.39 is 0 Å². The summed E-state index contributed by atoms with van der Waals surface area (Å²) in [5.74, 6) is 0.803. The van der Waals surface area contributed by atoms with Crippen LogP contribution in [0.2, 0.25) is 5.02 Å². The molecule has 0 saturated heterocycles. The van der Waals surface area contributed by atoms with E-state index in [9.17, 15) is 4.79 Å². The zero-order valence-corrected chi connectivity index (χ0v) is 19.7. The van der Waals surface area contributed by atoms with Gasteiger partial charge in [0.2, 0.25) is 0 Å². The molecule has 4 nitrogen and oxygen atoms in total. The van der Waals surface area contributed by atoms with Crippen molar-refractivity contribution in [2.24, 2.45) is 0 Å². The quantitative estimate of drug-likeness (QED) is 0.534. The predicted molar refractivity (Wildman–Crippen MR) is 134 cm³/mol. The Morgan fingerprint density at radius 1 is 0.970 bits per heavy atom. The van der Waals surface area contributed by atoms with Gasteiger partial charge in [0.1, 0.15) is 5.75 Å². The summed E-state index contributed by atoms with van der Waals surface area (Å²) in [5, 5.41) is 7.28. The van der Waals surface area contributed by atoms with Gasteiger partial charge in [0.05, 0.1) is 6.61 Å². The first-order valence-corrected chi connectivity index (χ1v) is 12.1. The summed E-state index contributed by atoms with van der Waals surface area (Å²) >= 11 is 5.95. The monoisotopic (exact) mass is 462 g/mol. The molecule has 4 rings (SSSR count). The molecule has 0 aliphatic carbocycles. The number of hydrogen-bond donors (Lipinski definition) is 2. The van der Waals surface area contributed by atoms with E-state index in [1.165, 1.54) is 11.1 Å². The van der Waals surface area contributed by atoms with Gasteiger partial charge in [-0.25, -0.2) is 0 Å². The molecule has 5 heteroatoms. The van der Waals surface area contributed by atoms with Crippen LogP contribution in [-0.4, -0.2) is 25.6 Å². The lowest BCUT2D eigenvalue weighted by molar-refractivity contribution is 0.0954. The van der Waals surface area contributed by atoms with Crippen LogP contribution in [0.1, 0.15) is 51.9 Å². The molecule has 0 saturated carbocycles. The van der Waals surface area contributed by atoms with Crippen LogP contribution in [0.3, 0.4) is 0 Å². The highest BCUT2D eigenvalue weighted by molar-refractivity contribution is 6.30. The Morgan fingerprint density at radius 2 is 1.82 bits per heavy atom. The van der Waals surface area contributed by atoms with Gasteiger partial charge in [-0.05, 0) is 84.8 Å². The molecule has 0 atom stereocenters. The van der Waals surface area contributed by atoms with Crippen LogP contribution in [0, 0.1) is 0 Å². The van der Waals surface area contributed by atoms with Crippen LogP contribution in [0.5, 0.6) is 5.75 Å². The molecule has 2 N–H and O–H groups in total. The van der Waals surface area contributed by atoms with E-state index in [1.807, 2.05) is 42.5 Å². The molecule has 3 aromatic carbocycles. The van der Waals surface area contributed by atoms with E-state index in [2.05, 4.69) is 34.9 Å². The number of carbonyl (C=O) groups excluding carboxylic acids is 1. The Hall–Kier alpha value is -2.82. The largest absolute Gasteiger partial charge is 0.493 e. The first kappa shape index (κ1) is 23.3. The topological polar surface area (TPSA) is 50.4 Å². The van der Waals surface area contributed by atoms with E-state index in [0.29, 0.717) is 18.7 Å². The number of fused-ring (bicyclic) bond motifs is 3. The maximum Gasteiger partial charge on any atom is 0.251 e. The average molecular weight is 463 g/mol. The van der Waals surface area contributed by atoms with Crippen molar-refractivity contribution in [3.8, 4) is 5.75 Å². The van der Waals surface area contributed by atoms with Crippen LogP contribution in [0.25, 0.3) is 0 Å². The maximum atomic E-state index is 12.8. The average Bonchev–Trinajstić information content (AvgIpc) is 2.82. The van der Waals surface area contributed by atoms with E-state index in [-0.39, 0.29) is 5.91 Å². The van der Waals surface area contributed by atoms with Crippen molar-refractivity contribution in [2.45, 2.75) is 38.6 Å². The van der Waals surface area contributed by atoms with Gasteiger partial charge < -0.3 is 15.4 Å². The highest BCUT2D eigenvalue weighted by Gasteiger charge is 2.12. The summed E-state index contributed by atoms with van der Waals surface area (Å²) < 4.78 is 6.12. The van der Waals surface area contributed by atoms with Gasteiger partial charge in [0, 0.05) is 30.1 Å². The lowest BCUT2D eigenvalue weighted by Gasteiger charge is -2.15. The molecule has 0 spiro atoms. The molecule has 0 aromatic heterocycles. The van der Waals surface area contributed by atoms with Gasteiger partial charge in [-0.2, -0.15) is 0 Å². The number of carbonyl (C=O) groups is 1. The highest BCUT2D eigenvalue weighted by Crippen LogP contribution is 2.25. The van der Waals surface area contributed by atoms with Gasteiger partial charge in [0.15, 0.2) is 0 Å². The minimum atomic E-state index is -0.0656. The molecule has 1 heterocycles. The van der Waals surface area contributed by atoms with Gasteiger partial charge in [-0.15, -0.1) is 0 Å². The fourth-order valence-corrected chi connectivity index (χ4v) is 4.21. The summed E-state index contributed by atoms with van der Waals surface area (Å²) in [4.78, 5) is 12.8. The van der Waals surface area contributed by atoms with Crippen molar-refractivity contribution in [2.75, 3.05) is 19.7 Å². The molecule has 1 amide bonds. The van der Waals surface area contributed by atoms with Gasteiger partial charge in [-0.3, -0.25) is 4.79 Å². The first-order valence-electron chi connectivity index (χ1n) is 11.7. The van der Waals surface area contributed by atoms with Crippen molar-refractivity contribution < 1.29 is 9.53 Å². The third-order valence-electron chi connectivity index (χ3n) is 5.91. The number of nitrogens with one attached hydrogen (secondary N) is 2. The van der Waals surface area contributed by atoms with E-state index in [4.69, 9.17) is 16.3 Å². The summed E-state index contributed by atoms with van der Waals surface area (Å²) in [6.07, 6.45) is 4.80. The molecule has 0 fully saturated rings. The van der Waals surface area contributed by atoms with Crippen molar-refractivity contribution in [3.63, 3.8) is 0 Å². The molecule has 1 aliphatic heterocycles. The Kier molecular flexibility index (Phi) is 8.40. The Bertz CT molecular complexity index is 1070. The molecule has 2 bridgehead atoms. The van der Waals surface area contributed by atoms with Crippen LogP contribution in [0.4, 0.5) is 0 Å². The predicted octanol–water partition coefficient (Wildman–Crippen LogP) is 5.56. The number of rotatable bonds is 4. The summed E-state index contributed by atoms with van der Waals surface area (Å²) in [5.41, 5.74) is 5.35. The van der Waals surface area contributed by atoms with E-state index >= 15 is 0 Å². The van der Waals surface area contributed by atoms with Crippen LogP contribution < -0.4 is 15.4 Å². The summed E-state index contributed by atoms with van der Waals surface area (Å²) in [6.45, 7) is 3.17. The third kappa shape index (κ3) is 7.08. The van der Waals surface area contributed by atoms with Gasteiger partial charge in [0.25, 0.3) is 5.91 Å². The number of amides is 1. The van der Waals surface area contributed by atoms with E-state index in [1.54, 1.807) is 0 Å². The lowest BCUT2D eigenvalue weighted by atomic mass is 9.99. The summed E-state index contributed by atoms with van der Waals surface area (Å²) in [7, 11) is 0. The lowest BCUT2D eigenvalue weighted by Crippen LogP contribution is -2.25. The fraction of sp³-hybridized carbons (Fsp3) is 0.321. The molecule has 3 aromatic rings. The zero-order valence-electron chi connectivity index (χ0n) is 18.9. The molecule has 0 radical (unpaired) electrons. The number of ether oxygens (including phenoxy) is 1. The number of halogens is 1. The maximum absolute atomic E-state index is 12.8. The normalized spacial score (nSPS) is 14.5. The molecular formula is C28H31ClN2O2. The molecule has 1 aliphatic rings. The fourth-order valence-electron chi connectivity index (χ4n) is 4.09. The second-order valence-electron chi connectivity index (χ2n) is 8.54. The highest BCUT2D eigenvalue weighted by atomic mass is 35.5. The standard InChI is InChI=1S/C28H31ClN2O2/c29-26-10-7-21(8-11-26)13-15-31-28(32)24-9-12-27-25(19-24)18-22-5-4-6-23(17-22)20-30-14-2-1-3-16-33-27/h4-12,17,19,30H,1-3,13-16,18,20H2,(H,31,32). The van der Waals surface area contributed by atoms with Crippen molar-refractivity contribution in [1.82, 2.24) is 10.6 Å². The van der Waals surface area contributed by atoms with Crippen LogP contribution >= 0.6 is 11.6 Å². The zero-order chi connectivity index (χ0) is 22.9. The van der Waals surface area contributed by atoms with Crippen LogP contribution in [0.15, 0.2) is 66.7 Å². The van der Waals surface area contributed by atoms with Gasteiger partial charge in [-0.1, -0.05) is 48.0 Å². The second kappa shape index (κ2) is 11.9. The molecule has 172 valence electrons. The number of hydrogen-bond acceptors (Lipinski definition) is 3. The Balaban J connectivity index is 1.47. The van der Waals surface area contributed by atoms with Gasteiger partial charge >= 0.3 is 0 Å². The minimum Gasteiger partial charge on any atom is -0.493 e. The SMILES string of the molecule is O=C(NCCc1ccc(Cl)cc1)c1ccc2c(c1)Cc1cccc(c1)CNCCCCCO2. The molecule has 0 unspecified atom stereocenters. The van der Waals surface area contributed by atoms with Crippen LogP contribution in [-0.2, 0) is 19.4 Å². The number of benzene rings is 3. The smallest absolute Gasteiger partial charge is 0.251 e. The van der Waals surface area contributed by atoms with Crippen molar-refractivity contribution in [1.29, 1.82) is 0 Å². The van der Waals surface area contributed by atoms with Crippen molar-refractivity contribution >= 4 is 17.5 Å². The Labute approximate surface area is 201 Å². The summed E-state index contributed by atoms with van der Waals surface area (Å²) in [6, 6.07) is 22.1. The molecular weight excluding hydrogens is 432 g/mol.